The lowest BCUT2D eigenvalue weighted by Crippen LogP contribution is -2.40. The molecular formula is C18H26FNO. The van der Waals surface area contributed by atoms with Crippen LogP contribution in [0.1, 0.15) is 56.3 Å². The van der Waals surface area contributed by atoms with Crippen molar-refractivity contribution in [3.8, 4) is 0 Å². The fourth-order valence-corrected chi connectivity index (χ4v) is 3.73. The van der Waals surface area contributed by atoms with E-state index in [0.29, 0.717) is 25.5 Å². The van der Waals surface area contributed by atoms with Crippen molar-refractivity contribution in [1.29, 1.82) is 0 Å². The van der Waals surface area contributed by atoms with E-state index in [0.717, 1.165) is 19.4 Å². The van der Waals surface area contributed by atoms with Gasteiger partial charge in [0.2, 0.25) is 0 Å². The number of rotatable bonds is 4. The normalized spacial score (nSPS) is 28.7. The van der Waals surface area contributed by atoms with Crippen LogP contribution in [0, 0.1) is 0 Å². The van der Waals surface area contributed by atoms with E-state index in [1.807, 2.05) is 6.07 Å². The molecule has 116 valence electrons. The topological polar surface area (TPSA) is 21.3 Å². The zero-order valence-electron chi connectivity index (χ0n) is 12.9. The first-order valence-corrected chi connectivity index (χ1v) is 8.26. The van der Waals surface area contributed by atoms with E-state index in [4.69, 9.17) is 4.74 Å². The maximum Gasteiger partial charge on any atom is 0.112 e. The molecule has 0 saturated carbocycles. The molecule has 0 spiro atoms. The number of hydrogen-bond donors (Lipinski definition) is 1. The molecule has 1 N–H and O–H groups in total. The van der Waals surface area contributed by atoms with Crippen LogP contribution in [0.25, 0.3) is 0 Å². The first-order valence-electron chi connectivity index (χ1n) is 8.26. The van der Waals surface area contributed by atoms with Crippen molar-refractivity contribution in [1.82, 2.24) is 5.32 Å². The lowest BCUT2D eigenvalue weighted by atomic mass is 9.85. The van der Waals surface area contributed by atoms with Gasteiger partial charge in [0.1, 0.15) is 5.67 Å². The molecule has 3 heteroatoms. The summed E-state index contributed by atoms with van der Waals surface area (Å²) in [6.07, 6.45) is 5.45. The first kappa shape index (κ1) is 15.0. The van der Waals surface area contributed by atoms with Gasteiger partial charge in [-0.05, 0) is 50.3 Å². The standard InChI is InChI=1S/C18H26FNO/c1-18(19,12-15-7-4-5-10-20-15)13-17-16-8-3-2-6-14(16)9-11-21-17/h2-3,6,8,15,17,20H,4-5,7,9-13H2,1H3. The highest BCUT2D eigenvalue weighted by atomic mass is 19.1. The van der Waals surface area contributed by atoms with Crippen LogP contribution < -0.4 is 5.32 Å². The van der Waals surface area contributed by atoms with Gasteiger partial charge in [-0.3, -0.25) is 0 Å². The van der Waals surface area contributed by atoms with Crippen LogP contribution in [0.3, 0.4) is 0 Å². The fourth-order valence-electron chi connectivity index (χ4n) is 3.73. The highest BCUT2D eigenvalue weighted by molar-refractivity contribution is 5.31. The summed E-state index contributed by atoms with van der Waals surface area (Å²) in [6, 6.07) is 8.64. The van der Waals surface area contributed by atoms with Gasteiger partial charge < -0.3 is 10.1 Å². The molecule has 3 atom stereocenters. The largest absolute Gasteiger partial charge is 0.373 e. The number of piperidine rings is 1. The third kappa shape index (κ3) is 3.83. The predicted octanol–water partition coefficient (Wildman–Crippen LogP) is 3.95. The van der Waals surface area contributed by atoms with Gasteiger partial charge in [-0.2, -0.15) is 0 Å². The molecule has 1 aromatic rings. The number of benzene rings is 1. The summed E-state index contributed by atoms with van der Waals surface area (Å²) in [6.45, 7) is 3.48. The second-order valence-corrected chi connectivity index (χ2v) is 6.78. The summed E-state index contributed by atoms with van der Waals surface area (Å²) >= 11 is 0. The van der Waals surface area contributed by atoms with Gasteiger partial charge in [0, 0.05) is 12.5 Å². The molecule has 2 heterocycles. The molecule has 0 aromatic heterocycles. The van der Waals surface area contributed by atoms with Gasteiger partial charge in [-0.15, -0.1) is 0 Å². The Morgan fingerprint density at radius 3 is 2.95 bits per heavy atom. The summed E-state index contributed by atoms with van der Waals surface area (Å²) in [5.74, 6) is 0. The molecule has 0 bridgehead atoms. The van der Waals surface area contributed by atoms with Crippen molar-refractivity contribution in [3.63, 3.8) is 0 Å². The van der Waals surface area contributed by atoms with Crippen molar-refractivity contribution in [2.45, 2.75) is 63.3 Å². The minimum Gasteiger partial charge on any atom is -0.373 e. The number of fused-ring (bicyclic) bond motifs is 1. The van der Waals surface area contributed by atoms with Gasteiger partial charge in [-0.25, -0.2) is 4.39 Å². The van der Waals surface area contributed by atoms with Crippen LogP contribution in [-0.2, 0) is 11.2 Å². The fraction of sp³-hybridized carbons (Fsp3) is 0.667. The summed E-state index contributed by atoms with van der Waals surface area (Å²) in [7, 11) is 0. The van der Waals surface area contributed by atoms with E-state index in [1.54, 1.807) is 6.92 Å². The molecule has 2 aliphatic rings. The van der Waals surface area contributed by atoms with Crippen molar-refractivity contribution in [2.24, 2.45) is 0 Å². The number of nitrogens with one attached hydrogen (secondary N) is 1. The van der Waals surface area contributed by atoms with Crippen LogP contribution >= 0.6 is 0 Å². The van der Waals surface area contributed by atoms with E-state index in [9.17, 15) is 0 Å². The van der Waals surface area contributed by atoms with Crippen LogP contribution in [0.4, 0.5) is 4.39 Å². The van der Waals surface area contributed by atoms with Crippen molar-refractivity contribution < 1.29 is 9.13 Å². The second-order valence-electron chi connectivity index (χ2n) is 6.78. The number of alkyl halides is 1. The summed E-state index contributed by atoms with van der Waals surface area (Å²) in [5, 5.41) is 3.45. The van der Waals surface area contributed by atoms with E-state index >= 15 is 4.39 Å². The molecule has 0 radical (unpaired) electrons. The molecule has 1 fully saturated rings. The lowest BCUT2D eigenvalue weighted by Gasteiger charge is -2.34. The summed E-state index contributed by atoms with van der Waals surface area (Å²) in [5.41, 5.74) is 1.33. The minimum absolute atomic E-state index is 0.0893. The van der Waals surface area contributed by atoms with Crippen LogP contribution in [0.15, 0.2) is 24.3 Å². The van der Waals surface area contributed by atoms with Gasteiger partial charge in [0.05, 0.1) is 12.7 Å². The Kier molecular flexibility index (Phi) is 4.60. The molecule has 1 saturated heterocycles. The van der Waals surface area contributed by atoms with Gasteiger partial charge in [0.25, 0.3) is 0 Å². The highest BCUT2D eigenvalue weighted by Crippen LogP contribution is 2.37. The maximum absolute atomic E-state index is 15.0. The Morgan fingerprint density at radius 1 is 1.29 bits per heavy atom. The Morgan fingerprint density at radius 2 is 2.14 bits per heavy atom. The molecule has 1 aromatic carbocycles. The van der Waals surface area contributed by atoms with E-state index < -0.39 is 5.67 Å². The van der Waals surface area contributed by atoms with E-state index in [1.165, 1.54) is 24.0 Å². The quantitative estimate of drug-likeness (QED) is 0.907. The number of halogens is 1. The number of hydrogen-bond acceptors (Lipinski definition) is 2. The molecule has 0 aliphatic carbocycles. The molecular weight excluding hydrogens is 265 g/mol. The summed E-state index contributed by atoms with van der Waals surface area (Å²) in [4.78, 5) is 0. The second kappa shape index (κ2) is 6.45. The molecule has 2 aliphatic heterocycles. The van der Waals surface area contributed by atoms with Crippen molar-refractivity contribution in [3.05, 3.63) is 35.4 Å². The first-order chi connectivity index (χ1) is 10.1. The van der Waals surface area contributed by atoms with E-state index in [2.05, 4.69) is 23.5 Å². The minimum atomic E-state index is -1.18. The third-order valence-electron chi connectivity index (χ3n) is 4.79. The van der Waals surface area contributed by atoms with Crippen LogP contribution in [0.5, 0.6) is 0 Å². The predicted molar refractivity (Wildman–Crippen MR) is 83.2 cm³/mol. The molecule has 0 amide bonds. The van der Waals surface area contributed by atoms with Gasteiger partial charge in [-0.1, -0.05) is 30.7 Å². The zero-order valence-corrected chi connectivity index (χ0v) is 12.9. The van der Waals surface area contributed by atoms with Gasteiger partial charge in [0.15, 0.2) is 0 Å². The van der Waals surface area contributed by atoms with Crippen LogP contribution in [0.2, 0.25) is 0 Å². The highest BCUT2D eigenvalue weighted by Gasteiger charge is 2.34. The van der Waals surface area contributed by atoms with Crippen LogP contribution in [-0.4, -0.2) is 24.9 Å². The monoisotopic (exact) mass is 291 g/mol. The van der Waals surface area contributed by atoms with Crippen molar-refractivity contribution in [2.75, 3.05) is 13.2 Å². The molecule has 3 rings (SSSR count). The van der Waals surface area contributed by atoms with E-state index in [-0.39, 0.29) is 6.10 Å². The zero-order chi connectivity index (χ0) is 14.7. The Balaban J connectivity index is 1.65. The molecule has 2 nitrogen and oxygen atoms in total. The smallest absolute Gasteiger partial charge is 0.112 e. The third-order valence-corrected chi connectivity index (χ3v) is 4.79. The van der Waals surface area contributed by atoms with Crippen molar-refractivity contribution >= 4 is 0 Å². The Bertz CT molecular complexity index is 468. The Hall–Kier alpha value is -0.930. The lowest BCUT2D eigenvalue weighted by molar-refractivity contribution is -0.00793. The molecule has 21 heavy (non-hydrogen) atoms. The average Bonchev–Trinajstić information content (AvgIpc) is 2.48. The maximum atomic E-state index is 15.0. The number of ether oxygens (including phenoxy) is 1. The average molecular weight is 291 g/mol. The SMILES string of the molecule is CC(F)(CC1CCCCN1)CC1OCCc2ccccc21. The summed E-state index contributed by atoms with van der Waals surface area (Å²) < 4.78 is 20.9. The van der Waals surface area contributed by atoms with Gasteiger partial charge >= 0.3 is 0 Å². The molecule has 3 unspecified atom stereocenters. The Labute approximate surface area is 127 Å².